The van der Waals surface area contributed by atoms with Crippen LogP contribution < -0.4 is 0 Å². The fraction of sp³-hybridized carbons (Fsp3) is 0.533. The van der Waals surface area contributed by atoms with Crippen molar-refractivity contribution in [3.8, 4) is 0 Å². The summed E-state index contributed by atoms with van der Waals surface area (Å²) in [5.74, 6) is 0.983. The fourth-order valence-corrected chi connectivity index (χ4v) is 2.58. The highest BCUT2D eigenvalue weighted by molar-refractivity contribution is 5.94. The molecule has 1 saturated carbocycles. The largest absolute Gasteiger partial charge is 0.339 e. The lowest BCUT2D eigenvalue weighted by molar-refractivity contribution is 0.0679. The van der Waals surface area contributed by atoms with Crippen LogP contribution in [0.4, 0.5) is 0 Å². The molecule has 1 amide bonds. The molecule has 2 heteroatoms. The van der Waals surface area contributed by atoms with E-state index in [0.717, 1.165) is 24.3 Å². The van der Waals surface area contributed by atoms with Crippen molar-refractivity contribution in [3.05, 3.63) is 35.9 Å². The van der Waals surface area contributed by atoms with Crippen LogP contribution in [0.1, 0.15) is 43.0 Å². The minimum absolute atomic E-state index is 0.158. The first-order valence-corrected chi connectivity index (χ1v) is 6.50. The van der Waals surface area contributed by atoms with Crippen molar-refractivity contribution < 1.29 is 4.79 Å². The molecule has 0 heterocycles. The van der Waals surface area contributed by atoms with Gasteiger partial charge >= 0.3 is 0 Å². The van der Waals surface area contributed by atoms with E-state index in [2.05, 4.69) is 6.92 Å². The van der Waals surface area contributed by atoms with Crippen molar-refractivity contribution in [1.82, 2.24) is 4.90 Å². The van der Waals surface area contributed by atoms with E-state index in [-0.39, 0.29) is 5.91 Å². The number of hydrogen-bond acceptors (Lipinski definition) is 1. The molecular weight excluding hydrogens is 210 g/mol. The molecule has 1 aromatic carbocycles. The second kappa shape index (κ2) is 5.35. The van der Waals surface area contributed by atoms with Crippen molar-refractivity contribution in [2.75, 3.05) is 7.05 Å². The summed E-state index contributed by atoms with van der Waals surface area (Å²) in [6, 6.07) is 10.0. The van der Waals surface area contributed by atoms with Crippen molar-refractivity contribution >= 4 is 5.91 Å². The highest BCUT2D eigenvalue weighted by Crippen LogP contribution is 2.27. The fourth-order valence-electron chi connectivity index (χ4n) is 2.58. The molecule has 0 radical (unpaired) electrons. The van der Waals surface area contributed by atoms with Crippen LogP contribution in [0.15, 0.2) is 30.3 Å². The van der Waals surface area contributed by atoms with Gasteiger partial charge in [0.1, 0.15) is 0 Å². The second-order valence-electron chi connectivity index (χ2n) is 5.20. The minimum atomic E-state index is 0.158. The monoisotopic (exact) mass is 231 g/mol. The maximum atomic E-state index is 12.3. The van der Waals surface area contributed by atoms with E-state index >= 15 is 0 Å². The third kappa shape index (κ3) is 2.87. The lowest BCUT2D eigenvalue weighted by atomic mass is 9.86. The number of nitrogens with zero attached hydrogens (tertiary/aromatic N) is 1. The van der Waals surface area contributed by atoms with Gasteiger partial charge in [0.2, 0.25) is 0 Å². The third-order valence-electron chi connectivity index (χ3n) is 3.87. The van der Waals surface area contributed by atoms with Gasteiger partial charge in [-0.15, -0.1) is 0 Å². The maximum Gasteiger partial charge on any atom is 0.253 e. The molecule has 2 rings (SSSR count). The Bertz CT molecular complexity index is 366. The van der Waals surface area contributed by atoms with E-state index in [1.807, 2.05) is 42.3 Å². The van der Waals surface area contributed by atoms with Gasteiger partial charge in [0.25, 0.3) is 5.91 Å². The van der Waals surface area contributed by atoms with Gasteiger partial charge in [-0.1, -0.05) is 25.1 Å². The molecule has 0 aliphatic heterocycles. The zero-order valence-electron chi connectivity index (χ0n) is 10.7. The van der Waals surface area contributed by atoms with Gasteiger partial charge in [-0.2, -0.15) is 0 Å². The quantitative estimate of drug-likeness (QED) is 0.764. The molecule has 0 N–H and O–H groups in total. The zero-order chi connectivity index (χ0) is 12.3. The van der Waals surface area contributed by atoms with E-state index in [1.54, 1.807) is 0 Å². The van der Waals surface area contributed by atoms with Gasteiger partial charge in [0.05, 0.1) is 0 Å². The molecule has 1 aliphatic rings. The smallest absolute Gasteiger partial charge is 0.253 e. The van der Waals surface area contributed by atoms with Crippen LogP contribution in [-0.2, 0) is 0 Å². The van der Waals surface area contributed by atoms with Crippen LogP contribution in [0, 0.1) is 5.92 Å². The summed E-state index contributed by atoms with van der Waals surface area (Å²) in [7, 11) is 1.94. The minimum Gasteiger partial charge on any atom is -0.339 e. The van der Waals surface area contributed by atoms with E-state index < -0.39 is 0 Å². The van der Waals surface area contributed by atoms with Crippen molar-refractivity contribution in [2.24, 2.45) is 5.92 Å². The molecule has 0 aromatic heterocycles. The summed E-state index contributed by atoms with van der Waals surface area (Å²) in [4.78, 5) is 14.2. The van der Waals surface area contributed by atoms with Gasteiger partial charge < -0.3 is 4.90 Å². The lowest BCUT2D eigenvalue weighted by Gasteiger charge is -2.33. The molecule has 0 saturated heterocycles. The van der Waals surface area contributed by atoms with Crippen molar-refractivity contribution in [2.45, 2.75) is 38.6 Å². The number of benzene rings is 1. The summed E-state index contributed by atoms with van der Waals surface area (Å²) >= 11 is 0. The number of hydrogen-bond donors (Lipinski definition) is 0. The highest BCUT2D eigenvalue weighted by Gasteiger charge is 2.25. The molecule has 1 fully saturated rings. The van der Waals surface area contributed by atoms with E-state index in [9.17, 15) is 4.79 Å². The SMILES string of the molecule is CN(C(=O)c1ccccc1)[C@H]1CC[C@H](C)CC1. The van der Waals surface area contributed by atoms with Crippen LogP contribution in [0.2, 0.25) is 0 Å². The van der Waals surface area contributed by atoms with Crippen LogP contribution in [0.3, 0.4) is 0 Å². The lowest BCUT2D eigenvalue weighted by Crippen LogP contribution is -2.39. The third-order valence-corrected chi connectivity index (χ3v) is 3.87. The Morgan fingerprint density at radius 2 is 1.71 bits per heavy atom. The first-order valence-electron chi connectivity index (χ1n) is 6.50. The zero-order valence-corrected chi connectivity index (χ0v) is 10.7. The van der Waals surface area contributed by atoms with E-state index in [4.69, 9.17) is 0 Å². The normalized spacial score (nSPS) is 24.4. The number of amides is 1. The van der Waals surface area contributed by atoms with Gasteiger partial charge in [-0.05, 0) is 43.7 Å². The van der Waals surface area contributed by atoms with Crippen LogP contribution in [0.25, 0.3) is 0 Å². The number of rotatable bonds is 2. The standard InChI is InChI=1S/C15H21NO/c1-12-8-10-14(11-9-12)16(2)15(17)13-6-4-3-5-7-13/h3-7,12,14H,8-11H2,1-2H3/t12-,14-. The van der Waals surface area contributed by atoms with E-state index in [1.165, 1.54) is 12.8 Å². The van der Waals surface area contributed by atoms with Crippen LogP contribution in [0.5, 0.6) is 0 Å². The maximum absolute atomic E-state index is 12.3. The first-order chi connectivity index (χ1) is 8.18. The Balaban J connectivity index is 2.00. The highest BCUT2D eigenvalue weighted by atomic mass is 16.2. The Morgan fingerprint density at radius 3 is 2.29 bits per heavy atom. The molecular formula is C15H21NO. The average Bonchev–Trinajstić information content (AvgIpc) is 2.39. The number of carbonyl (C=O) groups excluding carboxylic acids is 1. The predicted molar refractivity (Wildman–Crippen MR) is 70.0 cm³/mol. The molecule has 0 atom stereocenters. The van der Waals surface area contributed by atoms with Crippen molar-refractivity contribution in [3.63, 3.8) is 0 Å². The second-order valence-corrected chi connectivity index (χ2v) is 5.20. The van der Waals surface area contributed by atoms with Crippen LogP contribution in [-0.4, -0.2) is 23.9 Å². The van der Waals surface area contributed by atoms with Crippen LogP contribution >= 0.6 is 0 Å². The Kier molecular flexibility index (Phi) is 3.82. The van der Waals surface area contributed by atoms with Gasteiger partial charge in [0.15, 0.2) is 0 Å². The predicted octanol–water partition coefficient (Wildman–Crippen LogP) is 3.34. The summed E-state index contributed by atoms with van der Waals surface area (Å²) < 4.78 is 0. The first kappa shape index (κ1) is 12.2. The molecule has 1 aliphatic carbocycles. The summed E-state index contributed by atoms with van der Waals surface area (Å²) in [5.41, 5.74) is 0.800. The summed E-state index contributed by atoms with van der Waals surface area (Å²) in [6.07, 6.45) is 4.79. The summed E-state index contributed by atoms with van der Waals surface area (Å²) in [6.45, 7) is 2.30. The molecule has 1 aromatic rings. The topological polar surface area (TPSA) is 20.3 Å². The molecule has 0 unspecified atom stereocenters. The van der Waals surface area contributed by atoms with Gasteiger partial charge in [-0.3, -0.25) is 4.79 Å². The van der Waals surface area contributed by atoms with Gasteiger partial charge in [-0.25, -0.2) is 0 Å². The van der Waals surface area contributed by atoms with Crippen molar-refractivity contribution in [1.29, 1.82) is 0 Å². The molecule has 17 heavy (non-hydrogen) atoms. The Labute approximate surface area is 104 Å². The molecule has 92 valence electrons. The van der Waals surface area contributed by atoms with E-state index in [0.29, 0.717) is 6.04 Å². The number of carbonyl (C=O) groups is 1. The molecule has 0 spiro atoms. The Hall–Kier alpha value is -1.31. The molecule has 0 bridgehead atoms. The van der Waals surface area contributed by atoms with Gasteiger partial charge in [0, 0.05) is 18.7 Å². The Morgan fingerprint density at radius 1 is 1.12 bits per heavy atom. The molecule has 2 nitrogen and oxygen atoms in total. The summed E-state index contributed by atoms with van der Waals surface area (Å²) in [5, 5.41) is 0. The average molecular weight is 231 g/mol.